The molecule has 2 rings (SSSR count). The molecule has 0 fully saturated rings. The normalized spacial score (nSPS) is 10.2. The van der Waals surface area contributed by atoms with Crippen LogP contribution in [0, 0.1) is 0 Å². The summed E-state index contributed by atoms with van der Waals surface area (Å²) >= 11 is 6.94. The summed E-state index contributed by atoms with van der Waals surface area (Å²) < 4.78 is 7.25. The summed E-state index contributed by atoms with van der Waals surface area (Å²) in [6, 6.07) is 14.2. The SMILES string of the molecule is COc1ccc(CNc2cccc(Br)c2)cc1Br. The van der Waals surface area contributed by atoms with Crippen molar-refractivity contribution in [3.05, 3.63) is 57.0 Å². The van der Waals surface area contributed by atoms with Crippen molar-refractivity contribution in [1.29, 1.82) is 0 Å². The highest BCUT2D eigenvalue weighted by Gasteiger charge is 2.01. The van der Waals surface area contributed by atoms with Crippen LogP contribution >= 0.6 is 31.9 Å². The Hall–Kier alpha value is -1.000. The summed E-state index contributed by atoms with van der Waals surface area (Å²) in [7, 11) is 1.67. The van der Waals surface area contributed by atoms with Crippen LogP contribution in [0.15, 0.2) is 51.4 Å². The van der Waals surface area contributed by atoms with Crippen LogP contribution in [-0.4, -0.2) is 7.11 Å². The van der Waals surface area contributed by atoms with E-state index < -0.39 is 0 Å². The van der Waals surface area contributed by atoms with E-state index in [-0.39, 0.29) is 0 Å². The first-order chi connectivity index (χ1) is 8.69. The summed E-state index contributed by atoms with van der Waals surface area (Å²) in [4.78, 5) is 0. The van der Waals surface area contributed by atoms with Gasteiger partial charge in [0.2, 0.25) is 0 Å². The molecule has 0 saturated carbocycles. The topological polar surface area (TPSA) is 21.3 Å². The van der Waals surface area contributed by atoms with Crippen molar-refractivity contribution in [2.45, 2.75) is 6.54 Å². The second-order valence-electron chi connectivity index (χ2n) is 3.83. The van der Waals surface area contributed by atoms with Gasteiger partial charge in [-0.1, -0.05) is 28.1 Å². The molecule has 0 amide bonds. The Kier molecular flexibility index (Phi) is 4.66. The molecule has 0 aliphatic heterocycles. The number of anilines is 1. The van der Waals surface area contributed by atoms with Crippen LogP contribution in [0.1, 0.15) is 5.56 Å². The molecule has 4 heteroatoms. The molecule has 0 aromatic heterocycles. The molecule has 0 radical (unpaired) electrons. The van der Waals surface area contributed by atoms with Gasteiger partial charge >= 0.3 is 0 Å². The zero-order chi connectivity index (χ0) is 13.0. The van der Waals surface area contributed by atoms with E-state index in [2.05, 4.69) is 55.4 Å². The lowest BCUT2D eigenvalue weighted by Crippen LogP contribution is -1.99. The Balaban J connectivity index is 2.04. The van der Waals surface area contributed by atoms with Crippen molar-refractivity contribution in [2.24, 2.45) is 0 Å². The maximum absolute atomic E-state index is 5.20. The van der Waals surface area contributed by atoms with Gasteiger partial charge in [-0.05, 0) is 51.8 Å². The predicted molar refractivity (Wildman–Crippen MR) is 82.2 cm³/mol. The molecular formula is C14H13Br2NO. The molecule has 0 bridgehead atoms. The fraction of sp³-hybridized carbons (Fsp3) is 0.143. The minimum absolute atomic E-state index is 0.777. The molecule has 0 saturated heterocycles. The van der Waals surface area contributed by atoms with Gasteiger partial charge in [0.25, 0.3) is 0 Å². The summed E-state index contributed by atoms with van der Waals surface area (Å²) in [5.74, 6) is 0.848. The van der Waals surface area contributed by atoms with Gasteiger partial charge in [0.05, 0.1) is 11.6 Å². The number of halogens is 2. The van der Waals surface area contributed by atoms with Gasteiger partial charge in [-0.25, -0.2) is 0 Å². The maximum atomic E-state index is 5.20. The van der Waals surface area contributed by atoms with Crippen molar-refractivity contribution in [2.75, 3.05) is 12.4 Å². The Morgan fingerprint density at radius 1 is 1.11 bits per heavy atom. The second-order valence-corrected chi connectivity index (χ2v) is 5.60. The molecule has 1 N–H and O–H groups in total. The van der Waals surface area contributed by atoms with Gasteiger partial charge in [0.1, 0.15) is 5.75 Å². The molecule has 0 heterocycles. The fourth-order valence-electron chi connectivity index (χ4n) is 1.62. The fourth-order valence-corrected chi connectivity index (χ4v) is 2.61. The van der Waals surface area contributed by atoms with E-state index in [0.717, 1.165) is 26.9 Å². The molecular weight excluding hydrogens is 358 g/mol. The number of rotatable bonds is 4. The molecule has 0 aliphatic rings. The van der Waals surface area contributed by atoms with Crippen LogP contribution in [-0.2, 0) is 6.54 Å². The van der Waals surface area contributed by atoms with Gasteiger partial charge in [-0.2, -0.15) is 0 Å². The largest absolute Gasteiger partial charge is 0.496 e. The highest BCUT2D eigenvalue weighted by Crippen LogP contribution is 2.26. The molecule has 2 aromatic carbocycles. The predicted octanol–water partition coefficient (Wildman–Crippen LogP) is 4.83. The molecule has 2 aromatic rings. The first-order valence-corrected chi connectivity index (χ1v) is 7.09. The third-order valence-corrected chi connectivity index (χ3v) is 3.65. The number of ether oxygens (including phenoxy) is 1. The van der Waals surface area contributed by atoms with Gasteiger partial charge in [-0.3, -0.25) is 0 Å². The molecule has 0 atom stereocenters. The minimum atomic E-state index is 0.777. The third kappa shape index (κ3) is 3.50. The molecule has 18 heavy (non-hydrogen) atoms. The van der Waals surface area contributed by atoms with E-state index in [1.54, 1.807) is 7.11 Å². The first kappa shape index (κ1) is 13.4. The summed E-state index contributed by atoms with van der Waals surface area (Å²) in [5.41, 5.74) is 2.29. The number of hydrogen-bond donors (Lipinski definition) is 1. The van der Waals surface area contributed by atoms with Crippen LogP contribution in [0.25, 0.3) is 0 Å². The summed E-state index contributed by atoms with van der Waals surface area (Å²) in [6.07, 6.45) is 0. The van der Waals surface area contributed by atoms with Crippen molar-refractivity contribution >= 4 is 37.5 Å². The minimum Gasteiger partial charge on any atom is -0.496 e. The zero-order valence-corrected chi connectivity index (χ0v) is 13.1. The standard InChI is InChI=1S/C14H13Br2NO/c1-18-14-6-5-10(7-13(14)16)9-17-12-4-2-3-11(15)8-12/h2-8,17H,9H2,1H3. The van der Waals surface area contributed by atoms with E-state index >= 15 is 0 Å². The van der Waals surface area contributed by atoms with E-state index in [1.807, 2.05) is 24.3 Å². The number of methoxy groups -OCH3 is 1. The van der Waals surface area contributed by atoms with Gasteiger partial charge in [0.15, 0.2) is 0 Å². The van der Waals surface area contributed by atoms with Crippen LogP contribution in [0.3, 0.4) is 0 Å². The Morgan fingerprint density at radius 2 is 1.94 bits per heavy atom. The van der Waals surface area contributed by atoms with E-state index in [4.69, 9.17) is 4.74 Å². The smallest absolute Gasteiger partial charge is 0.133 e. The number of nitrogens with one attached hydrogen (secondary N) is 1. The van der Waals surface area contributed by atoms with Crippen LogP contribution in [0.4, 0.5) is 5.69 Å². The van der Waals surface area contributed by atoms with E-state index in [1.165, 1.54) is 5.56 Å². The van der Waals surface area contributed by atoms with Gasteiger partial charge in [0, 0.05) is 16.7 Å². The molecule has 0 spiro atoms. The highest BCUT2D eigenvalue weighted by molar-refractivity contribution is 9.10. The van der Waals surface area contributed by atoms with Gasteiger partial charge in [-0.15, -0.1) is 0 Å². The highest BCUT2D eigenvalue weighted by atomic mass is 79.9. The average molecular weight is 371 g/mol. The first-order valence-electron chi connectivity index (χ1n) is 5.51. The number of benzene rings is 2. The lowest BCUT2D eigenvalue weighted by molar-refractivity contribution is 0.412. The van der Waals surface area contributed by atoms with Crippen LogP contribution in [0.2, 0.25) is 0 Å². The van der Waals surface area contributed by atoms with E-state index in [9.17, 15) is 0 Å². The lowest BCUT2D eigenvalue weighted by atomic mass is 10.2. The zero-order valence-electron chi connectivity index (χ0n) is 9.91. The Morgan fingerprint density at radius 3 is 2.61 bits per heavy atom. The van der Waals surface area contributed by atoms with Crippen molar-refractivity contribution in [3.63, 3.8) is 0 Å². The molecule has 0 aliphatic carbocycles. The Labute approximate surface area is 124 Å². The van der Waals surface area contributed by atoms with E-state index in [0.29, 0.717) is 0 Å². The monoisotopic (exact) mass is 369 g/mol. The van der Waals surface area contributed by atoms with Crippen molar-refractivity contribution < 1.29 is 4.74 Å². The van der Waals surface area contributed by atoms with Crippen LogP contribution < -0.4 is 10.1 Å². The average Bonchev–Trinajstić information content (AvgIpc) is 2.37. The number of hydrogen-bond acceptors (Lipinski definition) is 2. The Bertz CT molecular complexity index is 543. The van der Waals surface area contributed by atoms with Crippen LogP contribution in [0.5, 0.6) is 5.75 Å². The maximum Gasteiger partial charge on any atom is 0.133 e. The second kappa shape index (κ2) is 6.25. The van der Waals surface area contributed by atoms with Gasteiger partial charge < -0.3 is 10.1 Å². The molecule has 2 nitrogen and oxygen atoms in total. The molecule has 0 unspecified atom stereocenters. The molecule has 94 valence electrons. The summed E-state index contributed by atoms with van der Waals surface area (Å²) in [5, 5.41) is 3.37. The quantitative estimate of drug-likeness (QED) is 0.831. The van der Waals surface area contributed by atoms with Crippen molar-refractivity contribution in [3.8, 4) is 5.75 Å². The lowest BCUT2D eigenvalue weighted by Gasteiger charge is -2.09. The summed E-state index contributed by atoms with van der Waals surface area (Å²) in [6.45, 7) is 0.777. The van der Waals surface area contributed by atoms with Crippen molar-refractivity contribution in [1.82, 2.24) is 0 Å². The third-order valence-electron chi connectivity index (χ3n) is 2.54.